The molecule has 1 aromatic carbocycles. The molecule has 0 bridgehead atoms. The third-order valence-corrected chi connectivity index (χ3v) is 1.73. The van der Waals surface area contributed by atoms with Crippen molar-refractivity contribution in [3.05, 3.63) is 47.7 Å². The highest BCUT2D eigenvalue weighted by atomic mass is 35.5. The van der Waals surface area contributed by atoms with E-state index in [2.05, 4.69) is 6.26 Å². The zero-order chi connectivity index (χ0) is 9.10. The summed E-state index contributed by atoms with van der Waals surface area (Å²) < 4.78 is 10.2. The first-order chi connectivity index (χ1) is 6.34. The minimum Gasteiger partial charge on any atom is -0.426 e. The number of rotatable bonds is 2. The fraction of sp³-hybridized carbons (Fsp3) is 0. The van der Waals surface area contributed by atoms with Crippen molar-refractivity contribution in [2.45, 2.75) is 0 Å². The lowest BCUT2D eigenvalue weighted by atomic mass is 10.3. The van der Waals surface area contributed by atoms with Crippen molar-refractivity contribution in [2.24, 2.45) is 0 Å². The van der Waals surface area contributed by atoms with Crippen molar-refractivity contribution < 1.29 is 9.15 Å². The molecule has 1 aromatic heterocycles. The molecule has 65 valence electrons. The predicted molar refractivity (Wildman–Crippen MR) is 49.1 cm³/mol. The van der Waals surface area contributed by atoms with Crippen LogP contribution in [0.3, 0.4) is 0 Å². The maximum atomic E-state index is 5.71. The Balaban J connectivity index is 2.15. The summed E-state index contributed by atoms with van der Waals surface area (Å²) in [4.78, 5) is 0. The first-order valence-corrected chi connectivity index (χ1v) is 4.12. The van der Waals surface area contributed by atoms with E-state index in [1.54, 1.807) is 36.4 Å². The van der Waals surface area contributed by atoms with Gasteiger partial charge in [-0.05, 0) is 30.3 Å². The molecule has 1 heterocycles. The third-order valence-electron chi connectivity index (χ3n) is 1.48. The highest BCUT2D eigenvalue weighted by Gasteiger charge is 1.98. The summed E-state index contributed by atoms with van der Waals surface area (Å²) in [7, 11) is 0. The molecule has 3 heteroatoms. The smallest absolute Gasteiger partial charge is 0.290 e. The molecular formula is C10H6ClO2. The lowest BCUT2D eigenvalue weighted by Crippen LogP contribution is -1.79. The molecule has 0 amide bonds. The third kappa shape index (κ3) is 2.04. The molecule has 0 aliphatic heterocycles. The number of furan rings is 1. The Morgan fingerprint density at radius 3 is 2.54 bits per heavy atom. The molecule has 0 aliphatic rings. The Hall–Kier alpha value is -1.41. The molecule has 2 rings (SSSR count). The van der Waals surface area contributed by atoms with Gasteiger partial charge in [-0.1, -0.05) is 11.6 Å². The van der Waals surface area contributed by atoms with Crippen molar-refractivity contribution in [3.63, 3.8) is 0 Å². The fourth-order valence-electron chi connectivity index (χ4n) is 0.902. The Morgan fingerprint density at radius 2 is 1.92 bits per heavy atom. The van der Waals surface area contributed by atoms with Crippen LogP contribution >= 0.6 is 11.6 Å². The van der Waals surface area contributed by atoms with Crippen LogP contribution in [0.15, 0.2) is 40.8 Å². The Labute approximate surface area is 80.7 Å². The second kappa shape index (κ2) is 3.54. The topological polar surface area (TPSA) is 22.4 Å². The van der Waals surface area contributed by atoms with Gasteiger partial charge in [-0.3, -0.25) is 0 Å². The van der Waals surface area contributed by atoms with E-state index in [4.69, 9.17) is 20.8 Å². The second-order valence-corrected chi connectivity index (χ2v) is 2.86. The summed E-state index contributed by atoms with van der Waals surface area (Å²) in [6.07, 6.45) is 2.54. The van der Waals surface area contributed by atoms with E-state index in [0.29, 0.717) is 16.7 Å². The van der Waals surface area contributed by atoms with Crippen molar-refractivity contribution in [1.82, 2.24) is 0 Å². The zero-order valence-corrected chi connectivity index (χ0v) is 7.41. The lowest BCUT2D eigenvalue weighted by molar-refractivity contribution is 0.344. The average molecular weight is 194 g/mol. The van der Waals surface area contributed by atoms with E-state index >= 15 is 0 Å². The minimum atomic E-state index is 0.419. The average Bonchev–Trinajstić information content (AvgIpc) is 2.62. The van der Waals surface area contributed by atoms with E-state index in [0.717, 1.165) is 0 Å². The van der Waals surface area contributed by atoms with Gasteiger partial charge in [0.2, 0.25) is 0 Å². The number of ether oxygens (including phenoxy) is 1. The van der Waals surface area contributed by atoms with Gasteiger partial charge in [-0.2, -0.15) is 0 Å². The monoisotopic (exact) mass is 193 g/mol. The van der Waals surface area contributed by atoms with Crippen LogP contribution in [0.5, 0.6) is 11.7 Å². The highest BCUT2D eigenvalue weighted by molar-refractivity contribution is 6.30. The van der Waals surface area contributed by atoms with Gasteiger partial charge in [0.1, 0.15) is 5.75 Å². The molecule has 1 radical (unpaired) electrons. The molecule has 0 unspecified atom stereocenters. The quantitative estimate of drug-likeness (QED) is 0.728. The second-order valence-electron chi connectivity index (χ2n) is 2.43. The van der Waals surface area contributed by atoms with Crippen molar-refractivity contribution >= 4 is 11.6 Å². The zero-order valence-electron chi connectivity index (χ0n) is 6.66. The van der Waals surface area contributed by atoms with Gasteiger partial charge in [0.05, 0.1) is 0 Å². The van der Waals surface area contributed by atoms with Crippen molar-refractivity contribution in [1.29, 1.82) is 0 Å². The van der Waals surface area contributed by atoms with Crippen molar-refractivity contribution in [2.75, 3.05) is 0 Å². The SMILES string of the molecule is Clc1ccc(Oc2cc[c]o2)cc1. The first-order valence-electron chi connectivity index (χ1n) is 3.74. The van der Waals surface area contributed by atoms with Crippen LogP contribution in [0.25, 0.3) is 0 Å². The molecule has 2 aromatic rings. The van der Waals surface area contributed by atoms with Crippen molar-refractivity contribution in [3.8, 4) is 11.7 Å². The van der Waals surface area contributed by atoms with Crippen LogP contribution in [0, 0.1) is 6.26 Å². The summed E-state index contributed by atoms with van der Waals surface area (Å²) in [5.74, 6) is 1.11. The van der Waals surface area contributed by atoms with E-state index in [-0.39, 0.29) is 0 Å². The van der Waals surface area contributed by atoms with Crippen LogP contribution in [-0.4, -0.2) is 0 Å². The Morgan fingerprint density at radius 1 is 1.15 bits per heavy atom. The molecule has 0 fully saturated rings. The molecule has 0 N–H and O–H groups in total. The van der Waals surface area contributed by atoms with Crippen LogP contribution in [0.4, 0.5) is 0 Å². The Kier molecular flexibility index (Phi) is 2.23. The van der Waals surface area contributed by atoms with E-state index in [9.17, 15) is 0 Å². The van der Waals surface area contributed by atoms with E-state index in [1.807, 2.05) is 0 Å². The molecule has 0 spiro atoms. The number of hydrogen-bond acceptors (Lipinski definition) is 2. The lowest BCUT2D eigenvalue weighted by Gasteiger charge is -2.00. The largest absolute Gasteiger partial charge is 0.426 e. The van der Waals surface area contributed by atoms with Gasteiger partial charge in [0.15, 0.2) is 6.26 Å². The standard InChI is InChI=1S/C10H6ClO2/c11-8-3-5-9(6-4-8)13-10-2-1-7-12-10/h1-6H. The highest BCUT2D eigenvalue weighted by Crippen LogP contribution is 2.22. The van der Waals surface area contributed by atoms with Crippen LogP contribution in [-0.2, 0) is 0 Å². The van der Waals surface area contributed by atoms with Crippen LogP contribution in [0.1, 0.15) is 0 Å². The molecule has 13 heavy (non-hydrogen) atoms. The van der Waals surface area contributed by atoms with Gasteiger partial charge in [-0.15, -0.1) is 0 Å². The predicted octanol–water partition coefficient (Wildman–Crippen LogP) is 3.53. The maximum Gasteiger partial charge on any atom is 0.290 e. The number of halogens is 1. The van der Waals surface area contributed by atoms with Crippen LogP contribution in [0.2, 0.25) is 5.02 Å². The molecule has 0 saturated carbocycles. The molecule has 0 saturated heterocycles. The number of benzene rings is 1. The van der Waals surface area contributed by atoms with E-state index in [1.165, 1.54) is 0 Å². The summed E-state index contributed by atoms with van der Waals surface area (Å²) in [6, 6.07) is 10.4. The normalized spacial score (nSPS) is 9.92. The molecule has 2 nitrogen and oxygen atoms in total. The Bertz CT molecular complexity index is 364. The molecule has 0 aliphatic carbocycles. The maximum absolute atomic E-state index is 5.71. The number of hydrogen-bond donors (Lipinski definition) is 0. The molecular weight excluding hydrogens is 188 g/mol. The first kappa shape index (κ1) is 8.20. The summed E-state index contributed by atoms with van der Waals surface area (Å²) in [5, 5.41) is 0.679. The van der Waals surface area contributed by atoms with Gasteiger partial charge in [-0.25, -0.2) is 0 Å². The van der Waals surface area contributed by atoms with Gasteiger partial charge < -0.3 is 9.15 Å². The summed E-state index contributed by atoms with van der Waals surface area (Å²) in [5.41, 5.74) is 0. The minimum absolute atomic E-state index is 0.419. The fourth-order valence-corrected chi connectivity index (χ4v) is 1.03. The van der Waals surface area contributed by atoms with Gasteiger partial charge in [0.25, 0.3) is 5.95 Å². The molecule has 0 atom stereocenters. The van der Waals surface area contributed by atoms with Gasteiger partial charge >= 0.3 is 0 Å². The van der Waals surface area contributed by atoms with Crippen LogP contribution < -0.4 is 4.74 Å². The van der Waals surface area contributed by atoms with Gasteiger partial charge in [0, 0.05) is 11.1 Å². The summed E-state index contributed by atoms with van der Waals surface area (Å²) >= 11 is 5.71. The van der Waals surface area contributed by atoms with E-state index < -0.39 is 0 Å². The summed E-state index contributed by atoms with van der Waals surface area (Å²) in [6.45, 7) is 0.